The van der Waals surface area contributed by atoms with Crippen molar-refractivity contribution in [3.63, 3.8) is 0 Å². The molecular formula is C18H15Br2N3O3S. The van der Waals surface area contributed by atoms with E-state index in [1.165, 1.54) is 18.4 Å². The van der Waals surface area contributed by atoms with Crippen molar-refractivity contribution < 1.29 is 14.3 Å². The van der Waals surface area contributed by atoms with Gasteiger partial charge in [-0.2, -0.15) is 0 Å². The quantitative estimate of drug-likeness (QED) is 0.477. The second-order valence-corrected chi connectivity index (χ2v) is 8.33. The summed E-state index contributed by atoms with van der Waals surface area (Å²) < 4.78 is 7.64. The van der Waals surface area contributed by atoms with Crippen molar-refractivity contribution in [2.24, 2.45) is 0 Å². The Morgan fingerprint density at radius 3 is 2.67 bits per heavy atom. The number of thiazole rings is 1. The fraction of sp³-hybridized carbons (Fsp3) is 0.167. The number of aromatic nitrogens is 1. The van der Waals surface area contributed by atoms with E-state index in [9.17, 15) is 9.59 Å². The van der Waals surface area contributed by atoms with Gasteiger partial charge in [0.25, 0.3) is 5.91 Å². The van der Waals surface area contributed by atoms with Crippen LogP contribution in [0.2, 0.25) is 0 Å². The van der Waals surface area contributed by atoms with Crippen LogP contribution in [-0.2, 0) is 4.79 Å². The van der Waals surface area contributed by atoms with E-state index in [0.29, 0.717) is 33.0 Å². The number of amides is 2. The van der Waals surface area contributed by atoms with E-state index in [1.807, 2.05) is 12.1 Å². The largest absolute Gasteiger partial charge is 0.495 e. The Kier molecular flexibility index (Phi) is 6.13. The first-order valence-electron chi connectivity index (χ1n) is 7.96. The van der Waals surface area contributed by atoms with Gasteiger partial charge >= 0.3 is 0 Å². The number of fused-ring (bicyclic) bond motifs is 1. The number of hydrogen-bond acceptors (Lipinski definition) is 5. The number of hydrogen-bond donors (Lipinski definition) is 2. The predicted octanol–water partition coefficient (Wildman–Crippen LogP) is 5.43. The molecule has 1 aromatic heterocycles. The molecule has 2 N–H and O–H groups in total. The van der Waals surface area contributed by atoms with E-state index in [0.717, 1.165) is 14.7 Å². The maximum atomic E-state index is 12.7. The number of carbonyl (C=O) groups excluding carboxylic acids is 2. The molecule has 0 saturated carbocycles. The first-order chi connectivity index (χ1) is 12.9. The van der Waals surface area contributed by atoms with Gasteiger partial charge < -0.3 is 15.4 Å². The number of rotatable bonds is 5. The number of methoxy groups -OCH3 is 1. The maximum Gasteiger partial charge on any atom is 0.259 e. The topological polar surface area (TPSA) is 80.3 Å². The number of carbonyl (C=O) groups is 2. The van der Waals surface area contributed by atoms with E-state index in [1.54, 1.807) is 25.1 Å². The van der Waals surface area contributed by atoms with Gasteiger partial charge in [0.1, 0.15) is 5.75 Å². The van der Waals surface area contributed by atoms with Crippen molar-refractivity contribution in [2.75, 3.05) is 17.7 Å². The molecule has 2 amide bonds. The van der Waals surface area contributed by atoms with Crippen LogP contribution in [0.3, 0.4) is 0 Å². The average molecular weight is 513 g/mol. The molecule has 1 heterocycles. The lowest BCUT2D eigenvalue weighted by molar-refractivity contribution is -0.115. The van der Waals surface area contributed by atoms with Crippen molar-refractivity contribution in [3.8, 4) is 5.75 Å². The molecule has 0 fully saturated rings. The number of halogens is 2. The molecule has 0 aliphatic carbocycles. The lowest BCUT2D eigenvalue weighted by atomic mass is 10.2. The van der Waals surface area contributed by atoms with Crippen LogP contribution in [-0.4, -0.2) is 23.9 Å². The van der Waals surface area contributed by atoms with E-state index < -0.39 is 0 Å². The van der Waals surface area contributed by atoms with E-state index in [-0.39, 0.29) is 11.8 Å². The molecule has 27 heavy (non-hydrogen) atoms. The number of ether oxygens (including phenoxy) is 1. The second kappa shape index (κ2) is 8.37. The molecule has 9 heteroatoms. The van der Waals surface area contributed by atoms with Crippen LogP contribution in [0.4, 0.5) is 10.8 Å². The van der Waals surface area contributed by atoms with E-state index >= 15 is 0 Å². The summed E-state index contributed by atoms with van der Waals surface area (Å²) >= 11 is 8.14. The molecule has 0 atom stereocenters. The first-order valence-corrected chi connectivity index (χ1v) is 10.4. The van der Waals surface area contributed by atoms with Gasteiger partial charge in [-0.3, -0.25) is 9.59 Å². The average Bonchev–Trinajstić information content (AvgIpc) is 3.02. The summed E-state index contributed by atoms with van der Waals surface area (Å²) in [5.41, 5.74) is 1.79. The van der Waals surface area contributed by atoms with Crippen LogP contribution < -0.4 is 15.4 Å². The van der Waals surface area contributed by atoms with Gasteiger partial charge in [0, 0.05) is 16.6 Å². The monoisotopic (exact) mass is 511 g/mol. The highest BCUT2D eigenvalue weighted by atomic mass is 79.9. The summed E-state index contributed by atoms with van der Waals surface area (Å²) in [6.45, 7) is 1.78. The molecule has 2 aromatic carbocycles. The SMILES string of the molecule is CCC(=O)Nc1nc2ccc(NC(=O)c3cc(Br)cc(Br)c3OC)cc2s1. The van der Waals surface area contributed by atoms with Crippen LogP contribution in [0.15, 0.2) is 39.3 Å². The molecule has 0 radical (unpaired) electrons. The van der Waals surface area contributed by atoms with E-state index in [4.69, 9.17) is 4.74 Å². The Hall–Kier alpha value is -1.97. The molecule has 0 aliphatic heterocycles. The second-order valence-electron chi connectivity index (χ2n) is 5.53. The molecule has 0 saturated heterocycles. The lowest BCUT2D eigenvalue weighted by Gasteiger charge is -2.11. The molecule has 0 unspecified atom stereocenters. The highest BCUT2D eigenvalue weighted by Gasteiger charge is 2.17. The molecule has 0 bridgehead atoms. The Balaban J connectivity index is 1.86. The van der Waals surface area contributed by atoms with Crippen LogP contribution in [0.5, 0.6) is 5.75 Å². The van der Waals surface area contributed by atoms with Crippen molar-refractivity contribution in [1.82, 2.24) is 4.98 Å². The summed E-state index contributed by atoms with van der Waals surface area (Å²) in [5.74, 6) is 0.0752. The zero-order valence-electron chi connectivity index (χ0n) is 14.4. The third-order valence-corrected chi connectivity index (χ3v) is 5.65. The lowest BCUT2D eigenvalue weighted by Crippen LogP contribution is -2.13. The molecule has 140 valence electrons. The molecular weight excluding hydrogens is 498 g/mol. The Labute approximate surface area is 176 Å². The molecule has 0 spiro atoms. The van der Waals surface area contributed by atoms with Crippen molar-refractivity contribution in [2.45, 2.75) is 13.3 Å². The van der Waals surface area contributed by atoms with Gasteiger partial charge in [-0.25, -0.2) is 4.98 Å². The van der Waals surface area contributed by atoms with Gasteiger partial charge in [-0.1, -0.05) is 34.2 Å². The normalized spacial score (nSPS) is 10.7. The minimum Gasteiger partial charge on any atom is -0.495 e. The van der Waals surface area contributed by atoms with Crippen LogP contribution in [0.25, 0.3) is 10.2 Å². The van der Waals surface area contributed by atoms with Gasteiger partial charge in [0.05, 0.1) is 27.4 Å². The van der Waals surface area contributed by atoms with E-state index in [2.05, 4.69) is 47.5 Å². The number of anilines is 2. The summed E-state index contributed by atoms with van der Waals surface area (Å²) in [4.78, 5) is 28.6. The Morgan fingerprint density at radius 1 is 1.19 bits per heavy atom. The maximum absolute atomic E-state index is 12.7. The minimum absolute atomic E-state index is 0.0880. The zero-order chi connectivity index (χ0) is 19.6. The van der Waals surface area contributed by atoms with Crippen LogP contribution >= 0.6 is 43.2 Å². The highest BCUT2D eigenvalue weighted by molar-refractivity contribution is 9.11. The molecule has 0 aliphatic rings. The Morgan fingerprint density at radius 2 is 1.96 bits per heavy atom. The fourth-order valence-electron chi connectivity index (χ4n) is 2.40. The summed E-state index contributed by atoms with van der Waals surface area (Å²) in [6.07, 6.45) is 0.390. The van der Waals surface area contributed by atoms with Crippen molar-refractivity contribution in [3.05, 3.63) is 44.8 Å². The number of nitrogens with one attached hydrogen (secondary N) is 2. The third kappa shape index (κ3) is 4.48. The predicted molar refractivity (Wildman–Crippen MR) is 115 cm³/mol. The van der Waals surface area contributed by atoms with Crippen LogP contribution in [0, 0.1) is 0 Å². The fourth-order valence-corrected chi connectivity index (χ4v) is 4.71. The molecule has 3 aromatic rings. The van der Waals surface area contributed by atoms with Crippen molar-refractivity contribution >= 4 is 76.0 Å². The minimum atomic E-state index is -0.294. The first kappa shape index (κ1) is 19.8. The zero-order valence-corrected chi connectivity index (χ0v) is 18.4. The number of benzene rings is 2. The van der Waals surface area contributed by atoms with Gasteiger partial charge in [0.15, 0.2) is 5.13 Å². The summed E-state index contributed by atoms with van der Waals surface area (Å²) in [5, 5.41) is 6.16. The standard InChI is InChI=1S/C18H15Br2N3O3S/c1-3-15(24)23-18-22-13-5-4-10(8-14(13)27-18)21-17(25)11-6-9(19)7-12(20)16(11)26-2/h4-8H,3H2,1-2H3,(H,21,25)(H,22,23,24). The van der Waals surface area contributed by atoms with Gasteiger partial charge in [0.2, 0.25) is 5.91 Å². The summed E-state index contributed by atoms with van der Waals surface area (Å²) in [6, 6.07) is 8.90. The highest BCUT2D eigenvalue weighted by Crippen LogP contribution is 2.34. The van der Waals surface area contributed by atoms with Gasteiger partial charge in [-0.15, -0.1) is 0 Å². The summed E-state index contributed by atoms with van der Waals surface area (Å²) in [7, 11) is 1.51. The Bertz CT molecular complexity index is 1040. The number of nitrogens with zero attached hydrogens (tertiary/aromatic N) is 1. The van der Waals surface area contributed by atoms with Crippen LogP contribution in [0.1, 0.15) is 23.7 Å². The third-order valence-electron chi connectivity index (χ3n) is 3.67. The van der Waals surface area contributed by atoms with Crippen molar-refractivity contribution in [1.29, 1.82) is 0 Å². The van der Waals surface area contributed by atoms with Gasteiger partial charge in [-0.05, 0) is 46.3 Å². The molecule has 3 rings (SSSR count). The molecule has 6 nitrogen and oxygen atoms in total. The smallest absolute Gasteiger partial charge is 0.259 e.